The second-order valence-electron chi connectivity index (χ2n) is 9.52. The molecular formula is C29H32O3. The Morgan fingerprint density at radius 2 is 1.69 bits per heavy atom. The zero-order valence-corrected chi connectivity index (χ0v) is 19.2. The zero-order chi connectivity index (χ0) is 22.7. The molecule has 0 aliphatic heterocycles. The van der Waals surface area contributed by atoms with Gasteiger partial charge in [0, 0.05) is 22.8 Å². The second kappa shape index (κ2) is 9.28. The van der Waals surface area contributed by atoms with Gasteiger partial charge in [0.15, 0.2) is 5.78 Å². The van der Waals surface area contributed by atoms with E-state index >= 15 is 0 Å². The van der Waals surface area contributed by atoms with Crippen LogP contribution in [-0.4, -0.2) is 11.8 Å². The smallest absolute Gasteiger partial charge is 0.309 e. The van der Waals surface area contributed by atoms with Gasteiger partial charge in [-0.15, -0.1) is 0 Å². The van der Waals surface area contributed by atoms with Crippen molar-refractivity contribution in [3.63, 3.8) is 0 Å². The molecular weight excluding hydrogens is 396 g/mol. The molecule has 4 atom stereocenters. The lowest BCUT2D eigenvalue weighted by molar-refractivity contribution is -0.153. The third-order valence-electron chi connectivity index (χ3n) is 7.27. The fourth-order valence-corrected chi connectivity index (χ4v) is 5.24. The Balaban J connectivity index is 1.50. The number of hydrogen-bond acceptors (Lipinski definition) is 3. The van der Waals surface area contributed by atoms with Crippen molar-refractivity contribution >= 4 is 11.8 Å². The number of fused-ring (bicyclic) bond motifs is 1. The van der Waals surface area contributed by atoms with E-state index < -0.39 is 5.92 Å². The maximum absolute atomic E-state index is 13.7. The molecule has 2 aliphatic carbocycles. The van der Waals surface area contributed by atoms with Crippen LogP contribution < -0.4 is 0 Å². The van der Waals surface area contributed by atoms with E-state index in [0.717, 1.165) is 29.6 Å². The molecule has 2 aromatic carbocycles. The van der Waals surface area contributed by atoms with Crippen LogP contribution in [0.4, 0.5) is 0 Å². The predicted molar refractivity (Wildman–Crippen MR) is 127 cm³/mol. The van der Waals surface area contributed by atoms with Crippen LogP contribution >= 0.6 is 0 Å². The fraction of sp³-hybridized carbons (Fsp3) is 0.379. The van der Waals surface area contributed by atoms with Gasteiger partial charge < -0.3 is 4.74 Å². The van der Waals surface area contributed by atoms with Crippen LogP contribution in [0.1, 0.15) is 44.7 Å². The summed E-state index contributed by atoms with van der Waals surface area (Å²) in [7, 11) is 0. The number of hydrogen-bond donors (Lipinski definition) is 0. The molecule has 32 heavy (non-hydrogen) atoms. The molecule has 1 unspecified atom stereocenters. The average Bonchev–Trinajstić information content (AvgIpc) is 2.80. The number of ether oxygens (including phenoxy) is 1. The van der Waals surface area contributed by atoms with Gasteiger partial charge in [-0.2, -0.15) is 0 Å². The van der Waals surface area contributed by atoms with Crippen molar-refractivity contribution in [3.05, 3.63) is 95.1 Å². The molecule has 2 aliphatic rings. The van der Waals surface area contributed by atoms with E-state index in [0.29, 0.717) is 6.42 Å². The molecule has 0 saturated heterocycles. The van der Waals surface area contributed by atoms with Crippen molar-refractivity contribution in [2.24, 2.45) is 23.2 Å². The highest BCUT2D eigenvalue weighted by Crippen LogP contribution is 2.49. The number of ketones is 1. The molecule has 0 heterocycles. The molecule has 166 valence electrons. The maximum atomic E-state index is 13.7. The molecule has 2 aromatic rings. The third-order valence-corrected chi connectivity index (χ3v) is 7.27. The van der Waals surface area contributed by atoms with Crippen LogP contribution in [0.5, 0.6) is 0 Å². The molecule has 1 saturated carbocycles. The van der Waals surface area contributed by atoms with E-state index in [2.05, 4.69) is 50.3 Å². The van der Waals surface area contributed by atoms with E-state index in [1.54, 1.807) is 0 Å². The molecule has 0 radical (unpaired) electrons. The lowest BCUT2D eigenvalue weighted by atomic mass is 9.60. The standard InChI is InChI=1S/C29H32O3/c1-20-24(18-22-10-6-4-7-11-22)14-16-29(3)17-15-25(27(30)26(20)29)21(2)28(31)32-19-23-12-8-5-9-13-23/h4-14,16,21,24-25H,15,17-19H2,1-3H3/t21-,24?,25+,29-/m1/s1. The first-order valence-electron chi connectivity index (χ1n) is 11.6. The molecule has 1 fully saturated rings. The van der Waals surface area contributed by atoms with E-state index in [1.165, 1.54) is 5.56 Å². The molecule has 3 nitrogen and oxygen atoms in total. The minimum absolute atomic E-state index is 0.128. The van der Waals surface area contributed by atoms with Gasteiger partial charge in [0.2, 0.25) is 0 Å². The Morgan fingerprint density at radius 1 is 1.06 bits per heavy atom. The number of esters is 1. The number of benzene rings is 2. The Kier molecular flexibility index (Phi) is 6.45. The molecule has 0 bridgehead atoms. The quantitative estimate of drug-likeness (QED) is 0.413. The largest absolute Gasteiger partial charge is 0.461 e. The fourth-order valence-electron chi connectivity index (χ4n) is 5.24. The summed E-state index contributed by atoms with van der Waals surface area (Å²) < 4.78 is 5.56. The molecule has 0 aromatic heterocycles. The number of carbonyl (C=O) groups is 2. The highest BCUT2D eigenvalue weighted by atomic mass is 16.5. The number of rotatable bonds is 6. The molecule has 3 heteroatoms. The van der Waals surface area contributed by atoms with Crippen molar-refractivity contribution in [1.82, 2.24) is 0 Å². The summed E-state index contributed by atoms with van der Waals surface area (Å²) in [5.41, 5.74) is 4.05. The van der Waals surface area contributed by atoms with Gasteiger partial charge in [0.1, 0.15) is 6.61 Å². The topological polar surface area (TPSA) is 43.4 Å². The minimum Gasteiger partial charge on any atom is -0.461 e. The minimum atomic E-state index is -0.449. The summed E-state index contributed by atoms with van der Waals surface area (Å²) in [5.74, 6) is -0.720. The van der Waals surface area contributed by atoms with E-state index in [1.807, 2.05) is 43.3 Å². The van der Waals surface area contributed by atoms with Crippen molar-refractivity contribution in [1.29, 1.82) is 0 Å². The predicted octanol–water partition coefficient (Wildman–Crippen LogP) is 6.10. The summed E-state index contributed by atoms with van der Waals surface area (Å²) in [4.78, 5) is 26.5. The van der Waals surface area contributed by atoms with Crippen molar-refractivity contribution in [2.45, 2.75) is 46.6 Å². The van der Waals surface area contributed by atoms with Crippen molar-refractivity contribution in [3.8, 4) is 0 Å². The van der Waals surface area contributed by atoms with Crippen molar-refractivity contribution in [2.75, 3.05) is 0 Å². The van der Waals surface area contributed by atoms with Crippen LogP contribution in [0.25, 0.3) is 0 Å². The lowest BCUT2D eigenvalue weighted by Crippen LogP contribution is -2.41. The van der Waals surface area contributed by atoms with Gasteiger partial charge in [-0.05, 0) is 37.3 Å². The van der Waals surface area contributed by atoms with Crippen LogP contribution in [0.15, 0.2) is 84.0 Å². The summed E-state index contributed by atoms with van der Waals surface area (Å²) >= 11 is 0. The number of Topliss-reactive ketones (excluding diaryl/α,β-unsaturated/α-hetero) is 1. The Morgan fingerprint density at radius 3 is 2.34 bits per heavy atom. The third kappa shape index (κ3) is 4.48. The van der Waals surface area contributed by atoms with E-state index in [4.69, 9.17) is 4.74 Å². The normalized spacial score (nSPS) is 25.9. The number of allylic oxidation sites excluding steroid dienone is 4. The lowest BCUT2D eigenvalue weighted by Gasteiger charge is -2.42. The van der Waals surface area contributed by atoms with Crippen LogP contribution in [-0.2, 0) is 27.4 Å². The van der Waals surface area contributed by atoms with Gasteiger partial charge in [-0.1, -0.05) is 92.2 Å². The number of carbonyl (C=O) groups excluding carboxylic acids is 2. The SMILES string of the molecule is CC1=C2C(=O)[C@H]([C@@H](C)C(=O)OCc3ccccc3)CC[C@@]2(C)C=CC1Cc1ccccc1. The van der Waals surface area contributed by atoms with Gasteiger partial charge in [-0.25, -0.2) is 0 Å². The molecule has 0 spiro atoms. The monoisotopic (exact) mass is 428 g/mol. The molecule has 0 N–H and O–H groups in total. The molecule has 4 rings (SSSR count). The highest BCUT2D eigenvalue weighted by Gasteiger charge is 2.46. The van der Waals surface area contributed by atoms with Crippen LogP contribution in [0.3, 0.4) is 0 Å². The van der Waals surface area contributed by atoms with Crippen LogP contribution in [0, 0.1) is 23.2 Å². The van der Waals surface area contributed by atoms with E-state index in [-0.39, 0.29) is 35.6 Å². The first kappa shape index (κ1) is 22.3. The Bertz CT molecular complexity index is 1030. The molecule has 0 amide bonds. The first-order chi connectivity index (χ1) is 15.4. The first-order valence-corrected chi connectivity index (χ1v) is 11.6. The summed E-state index contributed by atoms with van der Waals surface area (Å²) in [6.45, 7) is 6.34. The van der Waals surface area contributed by atoms with Gasteiger partial charge >= 0.3 is 5.97 Å². The Hall–Kier alpha value is -2.94. The average molecular weight is 429 g/mol. The van der Waals surface area contributed by atoms with Crippen molar-refractivity contribution < 1.29 is 14.3 Å². The summed E-state index contributed by atoms with van der Waals surface area (Å²) in [6.07, 6.45) is 6.98. The Labute approximate surface area is 191 Å². The van der Waals surface area contributed by atoms with Gasteiger partial charge in [-0.3, -0.25) is 9.59 Å². The van der Waals surface area contributed by atoms with Gasteiger partial charge in [0.05, 0.1) is 5.92 Å². The highest BCUT2D eigenvalue weighted by molar-refractivity contribution is 6.02. The van der Waals surface area contributed by atoms with Crippen LogP contribution in [0.2, 0.25) is 0 Å². The van der Waals surface area contributed by atoms with Gasteiger partial charge in [0.25, 0.3) is 0 Å². The second-order valence-corrected chi connectivity index (χ2v) is 9.52. The maximum Gasteiger partial charge on any atom is 0.309 e. The zero-order valence-electron chi connectivity index (χ0n) is 19.2. The van der Waals surface area contributed by atoms with E-state index in [9.17, 15) is 9.59 Å². The summed E-state index contributed by atoms with van der Waals surface area (Å²) in [6, 6.07) is 20.1. The summed E-state index contributed by atoms with van der Waals surface area (Å²) in [5, 5.41) is 0.